The minimum Gasteiger partial charge on any atom is -0.339 e. The SMILES string of the molecule is CCN(CC)C(=O)C1=C/C(F)=C(\C)CCC=C1. The Morgan fingerprint density at radius 3 is 2.65 bits per heavy atom. The number of carbonyl (C=O) groups excluding carboxylic acids is 1. The van der Waals surface area contributed by atoms with Gasteiger partial charge in [0.05, 0.1) is 0 Å². The second-order valence-electron chi connectivity index (χ2n) is 4.15. The van der Waals surface area contributed by atoms with Crippen LogP contribution in [-0.2, 0) is 4.79 Å². The third kappa shape index (κ3) is 3.55. The number of allylic oxidation sites excluding steroid dienone is 4. The van der Waals surface area contributed by atoms with Crippen molar-refractivity contribution in [3.63, 3.8) is 0 Å². The van der Waals surface area contributed by atoms with Gasteiger partial charge in [-0.25, -0.2) is 4.39 Å². The zero-order valence-electron chi connectivity index (χ0n) is 10.8. The van der Waals surface area contributed by atoms with Crippen LogP contribution in [0.25, 0.3) is 0 Å². The summed E-state index contributed by atoms with van der Waals surface area (Å²) in [6.07, 6.45) is 6.51. The number of amides is 1. The summed E-state index contributed by atoms with van der Waals surface area (Å²) in [5, 5.41) is 0. The maximum absolute atomic E-state index is 13.7. The Hall–Kier alpha value is -1.38. The summed E-state index contributed by atoms with van der Waals surface area (Å²) in [6, 6.07) is 0. The molecule has 0 fully saturated rings. The minimum atomic E-state index is -0.273. The third-order valence-electron chi connectivity index (χ3n) is 2.97. The summed E-state index contributed by atoms with van der Waals surface area (Å²) in [5.74, 6) is -0.374. The Morgan fingerprint density at radius 1 is 1.41 bits per heavy atom. The first-order valence-corrected chi connectivity index (χ1v) is 6.12. The van der Waals surface area contributed by atoms with Crippen molar-refractivity contribution >= 4 is 5.91 Å². The van der Waals surface area contributed by atoms with E-state index in [4.69, 9.17) is 0 Å². The zero-order chi connectivity index (χ0) is 12.8. The highest BCUT2D eigenvalue weighted by Crippen LogP contribution is 2.19. The maximum atomic E-state index is 13.7. The molecule has 0 bridgehead atoms. The lowest BCUT2D eigenvalue weighted by Crippen LogP contribution is -2.31. The monoisotopic (exact) mass is 237 g/mol. The number of carbonyl (C=O) groups is 1. The van der Waals surface area contributed by atoms with Gasteiger partial charge in [-0.05, 0) is 45.3 Å². The molecule has 0 saturated heterocycles. The van der Waals surface area contributed by atoms with Crippen LogP contribution in [0.5, 0.6) is 0 Å². The lowest BCUT2D eigenvalue weighted by molar-refractivity contribution is -0.126. The second kappa shape index (κ2) is 6.38. The molecule has 94 valence electrons. The molecule has 0 radical (unpaired) electrons. The Balaban J connectivity index is 3.01. The number of rotatable bonds is 3. The highest BCUT2D eigenvalue weighted by atomic mass is 19.1. The number of likely N-dealkylation sites (N-methyl/N-ethyl adjacent to an activating group) is 1. The van der Waals surface area contributed by atoms with Crippen molar-refractivity contribution in [2.75, 3.05) is 13.1 Å². The van der Waals surface area contributed by atoms with E-state index in [1.807, 2.05) is 19.9 Å². The van der Waals surface area contributed by atoms with Gasteiger partial charge in [-0.1, -0.05) is 12.2 Å². The number of hydrogen-bond acceptors (Lipinski definition) is 1. The molecule has 0 aromatic heterocycles. The molecule has 0 aromatic carbocycles. The number of halogens is 1. The second-order valence-corrected chi connectivity index (χ2v) is 4.15. The van der Waals surface area contributed by atoms with Crippen LogP contribution in [0.3, 0.4) is 0 Å². The van der Waals surface area contributed by atoms with E-state index < -0.39 is 0 Å². The molecule has 0 unspecified atom stereocenters. The summed E-state index contributed by atoms with van der Waals surface area (Å²) < 4.78 is 13.7. The van der Waals surface area contributed by atoms with E-state index in [1.54, 1.807) is 17.9 Å². The average Bonchev–Trinajstić information content (AvgIpc) is 2.31. The summed E-state index contributed by atoms with van der Waals surface area (Å²) in [6.45, 7) is 6.90. The number of hydrogen-bond donors (Lipinski definition) is 0. The fourth-order valence-corrected chi connectivity index (χ4v) is 1.76. The van der Waals surface area contributed by atoms with E-state index in [-0.39, 0.29) is 11.7 Å². The van der Waals surface area contributed by atoms with Gasteiger partial charge in [-0.2, -0.15) is 0 Å². The van der Waals surface area contributed by atoms with Crippen molar-refractivity contribution in [3.8, 4) is 0 Å². The molecule has 0 atom stereocenters. The van der Waals surface area contributed by atoms with E-state index >= 15 is 0 Å². The molecule has 2 nitrogen and oxygen atoms in total. The van der Waals surface area contributed by atoms with Gasteiger partial charge in [0.1, 0.15) is 5.83 Å². The van der Waals surface area contributed by atoms with Gasteiger partial charge in [-0.15, -0.1) is 0 Å². The van der Waals surface area contributed by atoms with Crippen molar-refractivity contribution in [2.24, 2.45) is 0 Å². The van der Waals surface area contributed by atoms with Crippen LogP contribution in [-0.4, -0.2) is 23.9 Å². The summed E-state index contributed by atoms with van der Waals surface area (Å²) in [5.41, 5.74) is 1.14. The molecular formula is C14H20FNO. The van der Waals surface area contributed by atoms with Crippen LogP contribution >= 0.6 is 0 Å². The van der Waals surface area contributed by atoms with Crippen molar-refractivity contribution in [1.29, 1.82) is 0 Å². The van der Waals surface area contributed by atoms with Crippen molar-refractivity contribution < 1.29 is 9.18 Å². The van der Waals surface area contributed by atoms with E-state index in [0.717, 1.165) is 6.42 Å². The standard InChI is InChI=1S/C14H20FNO/c1-4-16(5-2)14(17)12-9-7-6-8-11(3)13(15)10-12/h7,9-10H,4-6,8H2,1-3H3/b9-7?,12-10?,13-11-. The largest absolute Gasteiger partial charge is 0.339 e. The van der Waals surface area contributed by atoms with Gasteiger partial charge < -0.3 is 4.90 Å². The van der Waals surface area contributed by atoms with Crippen molar-refractivity contribution in [1.82, 2.24) is 4.90 Å². The Kier molecular flexibility index (Phi) is 5.13. The van der Waals surface area contributed by atoms with Gasteiger partial charge in [0.25, 0.3) is 5.91 Å². The zero-order valence-corrected chi connectivity index (χ0v) is 10.8. The molecule has 0 aromatic rings. The normalized spacial score (nSPS) is 20.6. The average molecular weight is 237 g/mol. The lowest BCUT2D eigenvalue weighted by Gasteiger charge is -2.19. The molecule has 0 heterocycles. The van der Waals surface area contributed by atoms with E-state index in [1.165, 1.54) is 6.08 Å². The highest BCUT2D eigenvalue weighted by molar-refractivity contribution is 5.96. The summed E-state index contributed by atoms with van der Waals surface area (Å²) in [4.78, 5) is 13.8. The smallest absolute Gasteiger partial charge is 0.253 e. The first-order chi connectivity index (χ1) is 8.10. The molecule has 17 heavy (non-hydrogen) atoms. The molecule has 1 amide bonds. The molecule has 0 N–H and O–H groups in total. The maximum Gasteiger partial charge on any atom is 0.253 e. The molecule has 3 heteroatoms. The molecule has 1 rings (SSSR count). The van der Waals surface area contributed by atoms with Crippen LogP contribution in [0.1, 0.15) is 33.6 Å². The lowest BCUT2D eigenvalue weighted by atomic mass is 10.0. The first-order valence-electron chi connectivity index (χ1n) is 6.12. The van der Waals surface area contributed by atoms with E-state index in [9.17, 15) is 9.18 Å². The van der Waals surface area contributed by atoms with E-state index in [2.05, 4.69) is 0 Å². The quantitative estimate of drug-likeness (QED) is 0.737. The third-order valence-corrected chi connectivity index (χ3v) is 2.97. The molecular weight excluding hydrogens is 217 g/mol. The van der Waals surface area contributed by atoms with Gasteiger partial charge >= 0.3 is 0 Å². The predicted molar refractivity (Wildman–Crippen MR) is 68.2 cm³/mol. The Morgan fingerprint density at radius 2 is 2.06 bits per heavy atom. The van der Waals surface area contributed by atoms with Gasteiger partial charge in [0, 0.05) is 18.7 Å². The van der Waals surface area contributed by atoms with Crippen molar-refractivity contribution in [3.05, 3.63) is 35.2 Å². The summed E-state index contributed by atoms with van der Waals surface area (Å²) in [7, 11) is 0. The van der Waals surface area contributed by atoms with Crippen LogP contribution < -0.4 is 0 Å². The molecule has 0 spiro atoms. The van der Waals surface area contributed by atoms with Crippen molar-refractivity contribution in [2.45, 2.75) is 33.6 Å². The van der Waals surface area contributed by atoms with Crippen LogP contribution in [0.15, 0.2) is 35.2 Å². The number of nitrogens with zero attached hydrogens (tertiary/aromatic N) is 1. The topological polar surface area (TPSA) is 20.3 Å². The predicted octanol–water partition coefficient (Wildman–Crippen LogP) is 3.37. The minimum absolute atomic E-state index is 0.101. The van der Waals surface area contributed by atoms with Crippen LogP contribution in [0, 0.1) is 0 Å². The van der Waals surface area contributed by atoms with Crippen LogP contribution in [0.4, 0.5) is 4.39 Å². The van der Waals surface area contributed by atoms with Gasteiger partial charge in [0.2, 0.25) is 0 Å². The fraction of sp³-hybridized carbons (Fsp3) is 0.500. The van der Waals surface area contributed by atoms with Gasteiger partial charge in [0.15, 0.2) is 0 Å². The van der Waals surface area contributed by atoms with Crippen LogP contribution in [0.2, 0.25) is 0 Å². The van der Waals surface area contributed by atoms with E-state index in [0.29, 0.717) is 30.7 Å². The Labute approximate surface area is 102 Å². The first kappa shape index (κ1) is 13.7. The molecule has 0 aliphatic heterocycles. The Bertz CT molecular complexity index is 376. The molecule has 1 aliphatic carbocycles. The fourth-order valence-electron chi connectivity index (χ4n) is 1.76. The highest BCUT2D eigenvalue weighted by Gasteiger charge is 2.15. The molecule has 0 saturated carbocycles. The molecule has 1 aliphatic rings. The van der Waals surface area contributed by atoms with Gasteiger partial charge in [-0.3, -0.25) is 4.79 Å². The summed E-state index contributed by atoms with van der Waals surface area (Å²) >= 11 is 0.